The minimum Gasteiger partial charge on any atom is -0.311 e. The second-order valence-electron chi connectivity index (χ2n) is 6.95. The highest BCUT2D eigenvalue weighted by Gasteiger charge is 2.35. The van der Waals surface area contributed by atoms with Gasteiger partial charge in [-0.3, -0.25) is 4.79 Å². The van der Waals surface area contributed by atoms with Gasteiger partial charge in [-0.15, -0.1) is 0 Å². The van der Waals surface area contributed by atoms with Crippen molar-refractivity contribution in [3.8, 4) is 0 Å². The van der Waals surface area contributed by atoms with Crippen molar-refractivity contribution in [3.05, 3.63) is 59.2 Å². The number of nitrogens with one attached hydrogen (secondary N) is 1. The van der Waals surface area contributed by atoms with Crippen molar-refractivity contribution in [2.24, 2.45) is 0 Å². The van der Waals surface area contributed by atoms with E-state index in [-0.39, 0.29) is 11.9 Å². The van der Waals surface area contributed by atoms with E-state index in [2.05, 4.69) is 11.4 Å². The zero-order valence-electron chi connectivity index (χ0n) is 15.7. The summed E-state index contributed by atoms with van der Waals surface area (Å²) in [5.74, 6) is -0.0535. The second kappa shape index (κ2) is 7.20. The molecule has 1 fully saturated rings. The lowest BCUT2D eigenvalue weighted by Crippen LogP contribution is -2.58. The number of amides is 3. The lowest BCUT2D eigenvalue weighted by atomic mass is 10.1. The molecule has 1 saturated heterocycles. The van der Waals surface area contributed by atoms with Crippen LogP contribution in [-0.2, 0) is 4.79 Å². The van der Waals surface area contributed by atoms with Gasteiger partial charge in [0.2, 0.25) is 5.91 Å². The smallest absolute Gasteiger partial charge is 0.311 e. The third-order valence-corrected chi connectivity index (χ3v) is 4.86. The van der Waals surface area contributed by atoms with Gasteiger partial charge in [0.05, 0.1) is 0 Å². The van der Waals surface area contributed by atoms with E-state index in [0.29, 0.717) is 13.1 Å². The Hall–Kier alpha value is -2.82. The third-order valence-electron chi connectivity index (χ3n) is 4.86. The minimum absolute atomic E-state index is 0.0535. The number of aryl methyl sites for hydroxylation is 3. The normalized spacial score (nSPS) is 17.4. The predicted molar refractivity (Wildman–Crippen MR) is 105 cm³/mol. The molecule has 0 unspecified atom stereocenters. The maximum atomic E-state index is 12.9. The van der Waals surface area contributed by atoms with Gasteiger partial charge in [-0.25, -0.2) is 4.79 Å². The van der Waals surface area contributed by atoms with Crippen LogP contribution in [0.25, 0.3) is 0 Å². The Bertz CT molecular complexity index is 830. The molecule has 1 atom stereocenters. The van der Waals surface area contributed by atoms with Crippen LogP contribution in [0.4, 0.5) is 16.2 Å². The summed E-state index contributed by atoms with van der Waals surface area (Å²) >= 11 is 0. The number of anilines is 2. The molecule has 5 heteroatoms. The van der Waals surface area contributed by atoms with Crippen LogP contribution in [0.1, 0.15) is 23.6 Å². The van der Waals surface area contributed by atoms with Gasteiger partial charge in [0.15, 0.2) is 0 Å². The maximum absolute atomic E-state index is 12.9. The molecule has 5 nitrogen and oxygen atoms in total. The predicted octanol–water partition coefficient (Wildman–Crippen LogP) is 3.88. The van der Waals surface area contributed by atoms with E-state index in [1.165, 1.54) is 5.56 Å². The molecule has 2 aromatic carbocycles. The molecule has 136 valence electrons. The first kappa shape index (κ1) is 18.0. The van der Waals surface area contributed by atoms with E-state index < -0.39 is 6.04 Å². The summed E-state index contributed by atoms with van der Waals surface area (Å²) in [7, 11) is 0. The van der Waals surface area contributed by atoms with Crippen LogP contribution < -0.4 is 10.2 Å². The molecule has 0 aromatic heterocycles. The Morgan fingerprint density at radius 2 is 1.65 bits per heavy atom. The number of carbonyl (C=O) groups excluding carboxylic acids is 2. The molecule has 3 rings (SSSR count). The average Bonchev–Trinajstić information content (AvgIpc) is 2.60. The molecular formula is C21H25N3O2. The summed E-state index contributed by atoms with van der Waals surface area (Å²) in [6.45, 7) is 8.82. The van der Waals surface area contributed by atoms with Crippen LogP contribution in [0.2, 0.25) is 0 Å². The van der Waals surface area contributed by atoms with Crippen LogP contribution in [0.3, 0.4) is 0 Å². The molecule has 0 bridgehead atoms. The Balaban J connectivity index is 1.72. The monoisotopic (exact) mass is 351 g/mol. The van der Waals surface area contributed by atoms with E-state index >= 15 is 0 Å². The van der Waals surface area contributed by atoms with E-state index in [0.717, 1.165) is 22.5 Å². The quantitative estimate of drug-likeness (QED) is 0.893. The summed E-state index contributed by atoms with van der Waals surface area (Å²) in [5, 5.41) is 2.88. The molecule has 0 radical (unpaired) electrons. The Morgan fingerprint density at radius 1 is 1.00 bits per heavy atom. The van der Waals surface area contributed by atoms with Crippen LogP contribution in [0.15, 0.2) is 42.5 Å². The van der Waals surface area contributed by atoms with Crippen molar-refractivity contribution in [2.75, 3.05) is 23.3 Å². The van der Waals surface area contributed by atoms with Crippen LogP contribution in [0.5, 0.6) is 0 Å². The molecular weight excluding hydrogens is 326 g/mol. The summed E-state index contributed by atoms with van der Waals surface area (Å²) in [6, 6.07) is 12.9. The summed E-state index contributed by atoms with van der Waals surface area (Å²) in [5.41, 5.74) is 5.03. The number of nitrogens with zero attached hydrogens (tertiary/aromatic N) is 2. The topological polar surface area (TPSA) is 52.7 Å². The van der Waals surface area contributed by atoms with Gasteiger partial charge in [-0.2, -0.15) is 0 Å². The van der Waals surface area contributed by atoms with E-state index in [1.807, 2.05) is 57.2 Å². The first-order valence-electron chi connectivity index (χ1n) is 8.90. The van der Waals surface area contributed by atoms with Crippen molar-refractivity contribution in [1.82, 2.24) is 4.90 Å². The highest BCUT2D eigenvalue weighted by Crippen LogP contribution is 2.25. The lowest BCUT2D eigenvalue weighted by Gasteiger charge is -2.39. The molecule has 0 spiro atoms. The number of carbonyl (C=O) groups is 2. The molecule has 26 heavy (non-hydrogen) atoms. The second-order valence-corrected chi connectivity index (χ2v) is 6.95. The van der Waals surface area contributed by atoms with Crippen molar-refractivity contribution < 1.29 is 9.59 Å². The zero-order chi connectivity index (χ0) is 18.8. The lowest BCUT2D eigenvalue weighted by molar-refractivity contribution is -0.123. The fourth-order valence-electron chi connectivity index (χ4n) is 3.33. The van der Waals surface area contributed by atoms with Gasteiger partial charge < -0.3 is 15.1 Å². The SMILES string of the molecule is Cc1ccc(NC(=O)N2CCN(c3ccc(C)cc3C)C(=O)[C@@H]2C)cc1. The van der Waals surface area contributed by atoms with Gasteiger partial charge in [0.25, 0.3) is 0 Å². The van der Waals surface area contributed by atoms with Crippen LogP contribution in [-0.4, -0.2) is 36.0 Å². The molecule has 1 aliphatic rings. The van der Waals surface area contributed by atoms with Gasteiger partial charge in [-0.1, -0.05) is 35.4 Å². The molecule has 3 amide bonds. The molecule has 2 aromatic rings. The maximum Gasteiger partial charge on any atom is 0.322 e. The number of hydrogen-bond acceptors (Lipinski definition) is 2. The van der Waals surface area contributed by atoms with Gasteiger partial charge >= 0.3 is 6.03 Å². The molecule has 1 heterocycles. The van der Waals surface area contributed by atoms with Crippen molar-refractivity contribution in [3.63, 3.8) is 0 Å². The van der Waals surface area contributed by atoms with Crippen LogP contribution in [0, 0.1) is 20.8 Å². The molecule has 1 N–H and O–H groups in total. The standard InChI is InChI=1S/C21H25N3O2/c1-14-5-8-18(9-6-14)22-21(26)23-11-12-24(20(25)17(23)4)19-10-7-15(2)13-16(19)3/h5-10,13,17H,11-12H2,1-4H3,(H,22,26)/t17-/m0/s1. The van der Waals surface area contributed by atoms with E-state index in [9.17, 15) is 9.59 Å². The number of hydrogen-bond donors (Lipinski definition) is 1. The summed E-state index contributed by atoms with van der Waals surface area (Å²) < 4.78 is 0. The van der Waals surface area contributed by atoms with E-state index in [4.69, 9.17) is 0 Å². The number of urea groups is 1. The number of benzene rings is 2. The van der Waals surface area contributed by atoms with Crippen molar-refractivity contribution in [2.45, 2.75) is 33.7 Å². The summed E-state index contributed by atoms with van der Waals surface area (Å²) in [6.07, 6.45) is 0. The first-order chi connectivity index (χ1) is 12.4. The largest absolute Gasteiger partial charge is 0.322 e. The highest BCUT2D eigenvalue weighted by molar-refractivity contribution is 6.02. The average molecular weight is 351 g/mol. The Morgan fingerprint density at radius 3 is 2.31 bits per heavy atom. The van der Waals surface area contributed by atoms with Gasteiger partial charge in [0, 0.05) is 24.5 Å². The fourth-order valence-corrected chi connectivity index (χ4v) is 3.33. The third kappa shape index (κ3) is 3.57. The van der Waals surface area contributed by atoms with Crippen molar-refractivity contribution in [1.29, 1.82) is 0 Å². The van der Waals surface area contributed by atoms with E-state index in [1.54, 1.807) is 16.7 Å². The molecule has 0 saturated carbocycles. The zero-order valence-corrected chi connectivity index (χ0v) is 15.7. The fraction of sp³-hybridized carbons (Fsp3) is 0.333. The Kier molecular flexibility index (Phi) is 4.98. The number of rotatable bonds is 2. The minimum atomic E-state index is -0.505. The first-order valence-corrected chi connectivity index (χ1v) is 8.90. The highest BCUT2D eigenvalue weighted by atomic mass is 16.2. The molecule has 0 aliphatic carbocycles. The van der Waals surface area contributed by atoms with Gasteiger partial charge in [0.1, 0.15) is 6.04 Å². The summed E-state index contributed by atoms with van der Waals surface area (Å²) in [4.78, 5) is 28.9. The van der Waals surface area contributed by atoms with Crippen LogP contribution >= 0.6 is 0 Å². The number of piperazine rings is 1. The Labute approximate surface area is 154 Å². The van der Waals surface area contributed by atoms with Gasteiger partial charge in [-0.05, 0) is 51.5 Å². The van der Waals surface area contributed by atoms with Crippen molar-refractivity contribution >= 4 is 23.3 Å². The molecule has 1 aliphatic heterocycles.